The molecule has 6 nitrogen and oxygen atoms in total. The predicted octanol–water partition coefficient (Wildman–Crippen LogP) is 2.50. The molecule has 0 aliphatic carbocycles. The number of anilines is 1. The molecule has 3 N–H and O–H groups in total. The number of nitrogens with one attached hydrogen (secondary N) is 2. The number of amides is 2. The van der Waals surface area contributed by atoms with Crippen LogP contribution in [0.25, 0.3) is 0 Å². The molecule has 0 bridgehead atoms. The molecule has 0 unspecified atom stereocenters. The topological polar surface area (TPSA) is 81.7 Å². The number of rotatable bonds is 7. The zero-order chi connectivity index (χ0) is 16.7. The number of carbonyl (C=O) groups excluding carboxylic acids is 2. The number of aromatic hydroxyl groups is 1. The number of benzene rings is 1. The first-order chi connectivity index (χ1) is 10.4. The molecule has 0 saturated carbocycles. The van der Waals surface area contributed by atoms with E-state index in [2.05, 4.69) is 29.4 Å². The maximum absolute atomic E-state index is 12.1. The number of hydrogen-bond acceptors (Lipinski definition) is 4. The summed E-state index contributed by atoms with van der Waals surface area (Å²) < 4.78 is 0. The SMILES string of the molecule is CCN(CC)CCNC(=O)c1cc(Cl)c(NC(C)=O)cc1O.Cl. The standard InChI is InChI=1S/C15H22ClN3O3.ClH/c1-4-19(5-2)7-6-17-15(22)11-8-12(16)13(9-14(11)21)18-10(3)20;/h8-9,21H,4-7H2,1-3H3,(H,17,22)(H,18,20);1H. The van der Waals surface area contributed by atoms with Gasteiger partial charge in [0.2, 0.25) is 5.91 Å². The number of phenols is 1. The molecule has 0 fully saturated rings. The zero-order valence-corrected chi connectivity index (χ0v) is 15.1. The van der Waals surface area contributed by atoms with Crippen LogP contribution in [0.15, 0.2) is 12.1 Å². The zero-order valence-electron chi connectivity index (χ0n) is 13.5. The molecule has 23 heavy (non-hydrogen) atoms. The van der Waals surface area contributed by atoms with E-state index in [0.717, 1.165) is 19.6 Å². The van der Waals surface area contributed by atoms with E-state index < -0.39 is 5.91 Å². The van der Waals surface area contributed by atoms with E-state index in [-0.39, 0.29) is 40.3 Å². The molecule has 8 heteroatoms. The number of carbonyl (C=O) groups is 2. The second-order valence-electron chi connectivity index (χ2n) is 4.81. The van der Waals surface area contributed by atoms with Crippen molar-refractivity contribution in [3.8, 4) is 5.75 Å². The molecular weight excluding hydrogens is 341 g/mol. The quantitative estimate of drug-likeness (QED) is 0.694. The second-order valence-corrected chi connectivity index (χ2v) is 5.22. The van der Waals surface area contributed by atoms with E-state index >= 15 is 0 Å². The van der Waals surface area contributed by atoms with Gasteiger partial charge in [-0.25, -0.2) is 0 Å². The van der Waals surface area contributed by atoms with E-state index in [1.165, 1.54) is 19.1 Å². The van der Waals surface area contributed by atoms with Gasteiger partial charge in [0.05, 0.1) is 16.3 Å². The average molecular weight is 364 g/mol. The molecule has 0 atom stereocenters. The van der Waals surface area contributed by atoms with Crippen LogP contribution in [0.3, 0.4) is 0 Å². The lowest BCUT2D eigenvalue weighted by Crippen LogP contribution is -2.34. The Hall–Kier alpha value is -1.50. The van der Waals surface area contributed by atoms with Crippen LogP contribution in [0.4, 0.5) is 5.69 Å². The van der Waals surface area contributed by atoms with Crippen molar-refractivity contribution in [2.75, 3.05) is 31.5 Å². The van der Waals surface area contributed by atoms with Gasteiger partial charge in [0.25, 0.3) is 5.91 Å². The highest BCUT2D eigenvalue weighted by atomic mass is 35.5. The average Bonchev–Trinajstić information content (AvgIpc) is 2.46. The van der Waals surface area contributed by atoms with Crippen LogP contribution in [0, 0.1) is 0 Å². The third kappa shape index (κ3) is 6.64. The molecule has 0 aliphatic heterocycles. The Morgan fingerprint density at radius 1 is 1.26 bits per heavy atom. The summed E-state index contributed by atoms with van der Waals surface area (Å²) in [6.07, 6.45) is 0. The molecule has 130 valence electrons. The lowest BCUT2D eigenvalue weighted by Gasteiger charge is -2.18. The Morgan fingerprint density at radius 3 is 2.39 bits per heavy atom. The van der Waals surface area contributed by atoms with Gasteiger partial charge in [-0.15, -0.1) is 12.4 Å². The summed E-state index contributed by atoms with van der Waals surface area (Å²) in [5, 5.41) is 15.3. The van der Waals surface area contributed by atoms with Crippen LogP contribution in [0.1, 0.15) is 31.1 Å². The lowest BCUT2D eigenvalue weighted by atomic mass is 10.1. The Bertz CT molecular complexity index is 549. The third-order valence-corrected chi connectivity index (χ3v) is 3.56. The maximum Gasteiger partial charge on any atom is 0.255 e. The van der Waals surface area contributed by atoms with Gasteiger partial charge in [-0.1, -0.05) is 25.4 Å². The van der Waals surface area contributed by atoms with Gasteiger partial charge in [0.1, 0.15) is 5.75 Å². The maximum atomic E-state index is 12.1. The van der Waals surface area contributed by atoms with E-state index in [0.29, 0.717) is 6.54 Å². The smallest absolute Gasteiger partial charge is 0.255 e. The Kier molecular flexibility index (Phi) is 9.64. The molecule has 1 aromatic rings. The van der Waals surface area contributed by atoms with Crippen LogP contribution < -0.4 is 10.6 Å². The van der Waals surface area contributed by atoms with Gasteiger partial charge >= 0.3 is 0 Å². The molecule has 0 saturated heterocycles. The lowest BCUT2D eigenvalue weighted by molar-refractivity contribution is -0.114. The number of nitrogens with zero attached hydrogens (tertiary/aromatic N) is 1. The van der Waals surface area contributed by atoms with Crippen molar-refractivity contribution in [3.05, 3.63) is 22.7 Å². The highest BCUT2D eigenvalue weighted by molar-refractivity contribution is 6.34. The van der Waals surface area contributed by atoms with Crippen molar-refractivity contribution in [3.63, 3.8) is 0 Å². The first-order valence-electron chi connectivity index (χ1n) is 7.19. The fourth-order valence-corrected chi connectivity index (χ4v) is 2.20. The van der Waals surface area contributed by atoms with Crippen LogP contribution >= 0.6 is 24.0 Å². The Balaban J connectivity index is 0.00000484. The first-order valence-corrected chi connectivity index (χ1v) is 7.57. The van der Waals surface area contributed by atoms with Crippen LogP contribution in [-0.2, 0) is 4.79 Å². The molecule has 0 aliphatic rings. The summed E-state index contributed by atoms with van der Waals surface area (Å²) in [5.74, 6) is -0.938. The first kappa shape index (κ1) is 21.5. The Labute approximate surface area is 147 Å². The van der Waals surface area contributed by atoms with Gasteiger partial charge in [0.15, 0.2) is 0 Å². The molecule has 0 aromatic heterocycles. The van der Waals surface area contributed by atoms with Crippen LogP contribution in [-0.4, -0.2) is 48.0 Å². The van der Waals surface area contributed by atoms with Gasteiger partial charge in [0, 0.05) is 26.1 Å². The molecular formula is C15H23Cl2N3O3. The largest absolute Gasteiger partial charge is 0.507 e. The van der Waals surface area contributed by atoms with E-state index in [4.69, 9.17) is 11.6 Å². The minimum absolute atomic E-state index is 0. The number of hydrogen-bond donors (Lipinski definition) is 3. The molecule has 0 spiro atoms. The van der Waals surface area contributed by atoms with E-state index in [1.54, 1.807) is 0 Å². The van der Waals surface area contributed by atoms with Gasteiger partial charge < -0.3 is 20.6 Å². The fourth-order valence-electron chi connectivity index (χ4n) is 1.99. The molecule has 1 rings (SSSR count). The van der Waals surface area contributed by atoms with E-state index in [1.807, 2.05) is 0 Å². The minimum atomic E-state index is -0.402. The van der Waals surface area contributed by atoms with Gasteiger partial charge in [-0.3, -0.25) is 9.59 Å². The van der Waals surface area contributed by atoms with Crippen molar-refractivity contribution < 1.29 is 14.7 Å². The third-order valence-electron chi connectivity index (χ3n) is 3.25. The minimum Gasteiger partial charge on any atom is -0.507 e. The van der Waals surface area contributed by atoms with Gasteiger partial charge in [-0.05, 0) is 19.2 Å². The van der Waals surface area contributed by atoms with Crippen molar-refractivity contribution in [2.24, 2.45) is 0 Å². The number of halogens is 2. The molecule has 0 radical (unpaired) electrons. The number of phenolic OH excluding ortho intramolecular Hbond substituents is 1. The molecule has 1 aromatic carbocycles. The summed E-state index contributed by atoms with van der Waals surface area (Å²) in [6.45, 7) is 8.47. The summed E-state index contributed by atoms with van der Waals surface area (Å²) in [7, 11) is 0. The van der Waals surface area contributed by atoms with E-state index in [9.17, 15) is 14.7 Å². The van der Waals surface area contributed by atoms with Crippen molar-refractivity contribution in [1.29, 1.82) is 0 Å². The van der Waals surface area contributed by atoms with Crippen molar-refractivity contribution in [2.45, 2.75) is 20.8 Å². The normalized spacial score (nSPS) is 10.1. The summed E-state index contributed by atoms with van der Waals surface area (Å²) >= 11 is 6.00. The fraction of sp³-hybridized carbons (Fsp3) is 0.467. The predicted molar refractivity (Wildman–Crippen MR) is 94.8 cm³/mol. The van der Waals surface area contributed by atoms with Gasteiger partial charge in [-0.2, -0.15) is 0 Å². The second kappa shape index (κ2) is 10.3. The van der Waals surface area contributed by atoms with Crippen LogP contribution in [0.2, 0.25) is 5.02 Å². The Morgan fingerprint density at radius 2 is 1.87 bits per heavy atom. The van der Waals surface area contributed by atoms with Crippen molar-refractivity contribution >= 4 is 41.5 Å². The summed E-state index contributed by atoms with van der Waals surface area (Å²) in [6, 6.07) is 2.61. The highest BCUT2D eigenvalue weighted by Gasteiger charge is 2.15. The summed E-state index contributed by atoms with van der Waals surface area (Å²) in [4.78, 5) is 25.3. The van der Waals surface area contributed by atoms with Crippen molar-refractivity contribution in [1.82, 2.24) is 10.2 Å². The number of likely N-dealkylation sites (N-methyl/N-ethyl adjacent to an activating group) is 1. The highest BCUT2D eigenvalue weighted by Crippen LogP contribution is 2.30. The molecule has 0 heterocycles. The molecule has 2 amide bonds. The monoisotopic (exact) mass is 363 g/mol. The summed E-state index contributed by atoms with van der Waals surface area (Å²) in [5.41, 5.74) is 0.352. The van der Waals surface area contributed by atoms with Crippen LogP contribution in [0.5, 0.6) is 5.75 Å².